The number of ether oxygens (including phenoxy) is 1. The average molecular weight is 586 g/mol. The second kappa shape index (κ2) is 10.7. The van der Waals surface area contributed by atoms with Crippen LogP contribution in [0.25, 0.3) is 11.4 Å². The summed E-state index contributed by atoms with van der Waals surface area (Å²) in [4.78, 5) is 33.0. The van der Waals surface area contributed by atoms with Crippen LogP contribution in [0.15, 0.2) is 82.8 Å². The number of methoxy groups -OCH3 is 1. The quantitative estimate of drug-likeness (QED) is 0.0878. The number of phenolic OH excluding ortho intramolecular Hbond substituents is 1. The van der Waals surface area contributed by atoms with Crippen molar-refractivity contribution >= 4 is 51.3 Å². The molecule has 1 aliphatic heterocycles. The Labute approximate surface area is 242 Å². The van der Waals surface area contributed by atoms with Gasteiger partial charge >= 0.3 is 5.91 Å². The highest BCUT2D eigenvalue weighted by molar-refractivity contribution is 8.00. The number of thioether (sulfide) groups is 1. The molecule has 2 aromatic carbocycles. The van der Waals surface area contributed by atoms with Crippen LogP contribution in [0.3, 0.4) is 0 Å². The maximum absolute atomic E-state index is 13.6. The second-order valence-corrected chi connectivity index (χ2v) is 11.4. The van der Waals surface area contributed by atoms with Crippen molar-refractivity contribution in [2.75, 3.05) is 12.0 Å². The number of fused-ring (bicyclic) bond motifs is 1. The molecule has 10 nitrogen and oxygen atoms in total. The van der Waals surface area contributed by atoms with Crippen LogP contribution in [0.5, 0.6) is 11.5 Å². The van der Waals surface area contributed by atoms with Gasteiger partial charge in [-0.05, 0) is 42.3 Å². The molecule has 1 atom stereocenters. The van der Waals surface area contributed by atoms with Crippen LogP contribution in [0, 0.1) is 6.92 Å². The number of ketones is 1. The van der Waals surface area contributed by atoms with Gasteiger partial charge in [-0.1, -0.05) is 65.6 Å². The van der Waals surface area contributed by atoms with Gasteiger partial charge in [-0.15, -0.1) is 10.2 Å². The van der Waals surface area contributed by atoms with Crippen molar-refractivity contribution in [3.05, 3.63) is 101 Å². The number of Topliss-reactive ketones (excluding diaryl/α,β-unsaturated/α-hetero) is 1. The van der Waals surface area contributed by atoms with E-state index in [2.05, 4.69) is 15.2 Å². The number of aliphatic hydroxyl groups is 1. The number of carbonyl (C=O) groups excluding carboxylic acids is 2. The Morgan fingerprint density at radius 2 is 1.85 bits per heavy atom. The zero-order valence-electron chi connectivity index (χ0n) is 21.9. The first kappa shape index (κ1) is 26.5. The molecule has 0 radical (unpaired) electrons. The molecule has 41 heavy (non-hydrogen) atoms. The van der Waals surface area contributed by atoms with E-state index in [1.807, 2.05) is 36.4 Å². The van der Waals surface area contributed by atoms with Crippen LogP contribution in [0.2, 0.25) is 0 Å². The molecule has 2 N–H and O–H groups in total. The van der Waals surface area contributed by atoms with Crippen molar-refractivity contribution in [3.8, 4) is 11.5 Å². The summed E-state index contributed by atoms with van der Waals surface area (Å²) in [6, 6.07) is 18.7. The van der Waals surface area contributed by atoms with E-state index >= 15 is 0 Å². The largest absolute Gasteiger partial charge is 0.505 e. The first-order valence-corrected chi connectivity index (χ1v) is 14.3. The average Bonchev–Trinajstić information content (AvgIpc) is 3.66. The molecule has 1 fully saturated rings. The van der Waals surface area contributed by atoms with E-state index in [4.69, 9.17) is 4.74 Å². The number of aromatic hydroxyl groups is 1. The lowest BCUT2D eigenvalue weighted by atomic mass is 9.96. The lowest BCUT2D eigenvalue weighted by Crippen LogP contribution is -2.29. The van der Waals surface area contributed by atoms with Gasteiger partial charge in [0.15, 0.2) is 21.6 Å². The number of amides is 1. The van der Waals surface area contributed by atoms with E-state index < -0.39 is 17.7 Å². The van der Waals surface area contributed by atoms with Crippen molar-refractivity contribution in [2.45, 2.75) is 23.1 Å². The third kappa shape index (κ3) is 4.70. The number of rotatable bonds is 7. The van der Waals surface area contributed by atoms with Crippen molar-refractivity contribution in [1.82, 2.24) is 19.6 Å². The number of aliphatic hydroxyl groups excluding tert-OH is 1. The number of imidazole rings is 1. The Kier molecular flexibility index (Phi) is 6.93. The van der Waals surface area contributed by atoms with Gasteiger partial charge in [-0.3, -0.25) is 18.9 Å². The van der Waals surface area contributed by atoms with Gasteiger partial charge in [0.05, 0.1) is 24.4 Å². The highest BCUT2D eigenvalue weighted by Crippen LogP contribution is 2.45. The summed E-state index contributed by atoms with van der Waals surface area (Å²) in [7, 11) is 1.40. The van der Waals surface area contributed by atoms with Crippen LogP contribution in [0.1, 0.15) is 28.6 Å². The summed E-state index contributed by atoms with van der Waals surface area (Å²) in [6.07, 6.45) is 1.72. The zero-order chi connectivity index (χ0) is 28.7. The minimum atomic E-state index is -1.07. The topological polar surface area (TPSA) is 130 Å². The van der Waals surface area contributed by atoms with E-state index in [0.717, 1.165) is 5.56 Å². The van der Waals surface area contributed by atoms with E-state index in [1.165, 1.54) is 47.2 Å². The molecule has 1 aliphatic rings. The van der Waals surface area contributed by atoms with Crippen LogP contribution < -0.4 is 9.64 Å². The van der Waals surface area contributed by atoms with Crippen molar-refractivity contribution in [3.63, 3.8) is 0 Å². The van der Waals surface area contributed by atoms with Crippen molar-refractivity contribution in [1.29, 1.82) is 0 Å². The number of hydrogen-bond acceptors (Lipinski definition) is 10. The maximum Gasteiger partial charge on any atom is 0.301 e. The second-order valence-electron chi connectivity index (χ2n) is 9.20. The summed E-state index contributed by atoms with van der Waals surface area (Å²) in [5.41, 5.74) is 2.76. The molecule has 5 aromatic rings. The molecule has 1 amide bonds. The molecule has 3 aromatic heterocycles. The number of pyridine rings is 1. The van der Waals surface area contributed by atoms with Gasteiger partial charge in [0.2, 0.25) is 5.13 Å². The van der Waals surface area contributed by atoms with Gasteiger partial charge in [-0.25, -0.2) is 4.98 Å². The third-order valence-electron chi connectivity index (χ3n) is 6.70. The number of anilines is 1. The number of nitrogens with zero attached hydrogens (tertiary/aromatic N) is 5. The van der Waals surface area contributed by atoms with Crippen molar-refractivity contribution in [2.24, 2.45) is 0 Å². The summed E-state index contributed by atoms with van der Waals surface area (Å²) in [5, 5.41) is 30.6. The first-order chi connectivity index (χ1) is 19.9. The number of phenols is 1. The highest BCUT2D eigenvalue weighted by atomic mass is 32.2. The fraction of sp³-hybridized carbons (Fsp3) is 0.138. The predicted molar refractivity (Wildman–Crippen MR) is 155 cm³/mol. The smallest absolute Gasteiger partial charge is 0.301 e. The normalized spacial score (nSPS) is 16.5. The number of carbonyl (C=O) groups is 2. The van der Waals surface area contributed by atoms with Gasteiger partial charge in [0.25, 0.3) is 5.78 Å². The van der Waals surface area contributed by atoms with E-state index in [1.54, 1.807) is 35.7 Å². The Morgan fingerprint density at radius 3 is 2.63 bits per heavy atom. The molecule has 206 valence electrons. The number of aromatic nitrogens is 4. The molecule has 1 saturated heterocycles. The van der Waals surface area contributed by atoms with Gasteiger partial charge in [0.1, 0.15) is 11.3 Å². The van der Waals surface area contributed by atoms with Crippen LogP contribution >= 0.6 is 23.1 Å². The molecule has 12 heteroatoms. The third-order valence-corrected chi connectivity index (χ3v) is 8.83. The lowest BCUT2D eigenvalue weighted by Gasteiger charge is -2.23. The van der Waals surface area contributed by atoms with E-state index in [9.17, 15) is 19.8 Å². The summed E-state index contributed by atoms with van der Waals surface area (Å²) in [5.74, 6) is -1.41. The van der Waals surface area contributed by atoms with Crippen LogP contribution in [0.4, 0.5) is 5.13 Å². The number of aryl methyl sites for hydroxylation is 1. The van der Waals surface area contributed by atoms with Gasteiger partial charge in [-0.2, -0.15) is 0 Å². The van der Waals surface area contributed by atoms with Crippen LogP contribution in [-0.2, 0) is 15.3 Å². The zero-order valence-corrected chi connectivity index (χ0v) is 23.5. The monoisotopic (exact) mass is 585 g/mol. The SMILES string of the molecule is COc1cc(C2/C(=C(\O)c3c(C)nc4ccccn34)C(=O)C(=O)N2c2nnc(SCc3ccccc3)s2)ccc1O. The number of benzene rings is 2. The minimum Gasteiger partial charge on any atom is -0.505 e. The Bertz CT molecular complexity index is 1830. The Hall–Kier alpha value is -4.68. The molecule has 4 heterocycles. The van der Waals surface area contributed by atoms with E-state index in [0.29, 0.717) is 32.7 Å². The molecule has 0 spiro atoms. The number of hydrogen-bond donors (Lipinski definition) is 2. The molecule has 0 bridgehead atoms. The Morgan fingerprint density at radius 1 is 1.07 bits per heavy atom. The van der Waals surface area contributed by atoms with Gasteiger partial charge < -0.3 is 14.9 Å². The molecule has 0 saturated carbocycles. The highest BCUT2D eigenvalue weighted by Gasteiger charge is 2.49. The first-order valence-electron chi connectivity index (χ1n) is 12.5. The Balaban J connectivity index is 1.48. The fourth-order valence-corrected chi connectivity index (χ4v) is 6.64. The summed E-state index contributed by atoms with van der Waals surface area (Å²) >= 11 is 2.64. The van der Waals surface area contributed by atoms with E-state index in [-0.39, 0.29) is 28.0 Å². The lowest BCUT2D eigenvalue weighted by molar-refractivity contribution is -0.132. The van der Waals surface area contributed by atoms with Crippen LogP contribution in [-0.4, -0.2) is 48.6 Å². The molecular weight excluding hydrogens is 562 g/mol. The van der Waals surface area contributed by atoms with Crippen molar-refractivity contribution < 1.29 is 24.5 Å². The molecule has 1 unspecified atom stereocenters. The maximum atomic E-state index is 13.6. The molecular formula is C29H23N5O5S2. The summed E-state index contributed by atoms with van der Waals surface area (Å²) in [6.45, 7) is 1.72. The molecule has 0 aliphatic carbocycles. The molecule has 6 rings (SSSR count). The fourth-order valence-electron chi connectivity index (χ4n) is 4.81. The minimum absolute atomic E-state index is 0.110. The predicted octanol–water partition coefficient (Wildman–Crippen LogP) is 5.13. The standard InChI is InChI=1S/C29H23N5O5S2/c1-16-23(33-13-7-6-10-21(33)30-16)25(36)22-24(18-11-12-19(35)20(14-18)39-2)34(27(38)26(22)37)28-31-32-29(41-28)40-15-17-8-4-3-5-9-17/h3-14,24,35-36H,15H2,1-2H3/b25-22+. The summed E-state index contributed by atoms with van der Waals surface area (Å²) < 4.78 is 7.58. The van der Waals surface area contributed by atoms with Gasteiger partial charge in [0, 0.05) is 11.9 Å².